The van der Waals surface area contributed by atoms with E-state index in [1.54, 1.807) is 11.8 Å². The van der Waals surface area contributed by atoms with Crippen molar-refractivity contribution in [2.45, 2.75) is 37.6 Å². The SMILES string of the molecule is O=C(CSCCc1ccccc1)NC1(C(=O)O)CCCC1. The van der Waals surface area contributed by atoms with Crippen LogP contribution in [0.1, 0.15) is 31.2 Å². The molecule has 1 aromatic carbocycles. The molecule has 1 fully saturated rings. The molecule has 2 rings (SSSR count). The highest BCUT2D eigenvalue weighted by atomic mass is 32.2. The van der Waals surface area contributed by atoms with Crippen molar-refractivity contribution >= 4 is 23.6 Å². The zero-order chi connectivity index (χ0) is 15.1. The summed E-state index contributed by atoms with van der Waals surface area (Å²) in [5, 5.41) is 12.0. The zero-order valence-corrected chi connectivity index (χ0v) is 12.8. The first-order chi connectivity index (χ1) is 10.1. The molecule has 5 heteroatoms. The number of aliphatic carboxylic acids is 1. The van der Waals surface area contributed by atoms with Crippen molar-refractivity contribution in [2.75, 3.05) is 11.5 Å². The fourth-order valence-electron chi connectivity index (χ4n) is 2.67. The van der Waals surface area contributed by atoms with Crippen molar-refractivity contribution in [3.05, 3.63) is 35.9 Å². The second-order valence-electron chi connectivity index (χ2n) is 5.43. The molecule has 0 spiro atoms. The molecule has 0 atom stereocenters. The summed E-state index contributed by atoms with van der Waals surface area (Å²) >= 11 is 1.55. The van der Waals surface area contributed by atoms with Crippen LogP contribution in [0.3, 0.4) is 0 Å². The molecule has 0 saturated heterocycles. The van der Waals surface area contributed by atoms with E-state index in [1.165, 1.54) is 5.56 Å². The number of carbonyl (C=O) groups excluding carboxylic acids is 1. The number of amides is 1. The maximum Gasteiger partial charge on any atom is 0.329 e. The van der Waals surface area contributed by atoms with Gasteiger partial charge in [0.15, 0.2) is 0 Å². The van der Waals surface area contributed by atoms with E-state index in [1.807, 2.05) is 18.2 Å². The summed E-state index contributed by atoms with van der Waals surface area (Å²) in [6.07, 6.45) is 3.75. The third-order valence-corrected chi connectivity index (χ3v) is 4.82. The summed E-state index contributed by atoms with van der Waals surface area (Å²) in [7, 11) is 0. The zero-order valence-electron chi connectivity index (χ0n) is 12.0. The summed E-state index contributed by atoms with van der Waals surface area (Å²) in [6, 6.07) is 10.1. The van der Waals surface area contributed by atoms with Crippen molar-refractivity contribution in [2.24, 2.45) is 0 Å². The monoisotopic (exact) mass is 307 g/mol. The van der Waals surface area contributed by atoms with Crippen LogP contribution in [0.5, 0.6) is 0 Å². The van der Waals surface area contributed by atoms with Gasteiger partial charge in [-0.3, -0.25) is 4.79 Å². The summed E-state index contributed by atoms with van der Waals surface area (Å²) in [4.78, 5) is 23.3. The Bertz CT molecular complexity index is 484. The minimum absolute atomic E-state index is 0.169. The van der Waals surface area contributed by atoms with Crippen molar-refractivity contribution in [1.82, 2.24) is 5.32 Å². The van der Waals surface area contributed by atoms with Crippen LogP contribution in [0.4, 0.5) is 0 Å². The van der Waals surface area contributed by atoms with Gasteiger partial charge in [-0.15, -0.1) is 0 Å². The molecule has 1 aliphatic carbocycles. The van der Waals surface area contributed by atoms with E-state index in [0.29, 0.717) is 18.6 Å². The lowest BCUT2D eigenvalue weighted by atomic mass is 9.98. The first kappa shape index (κ1) is 15.9. The van der Waals surface area contributed by atoms with Gasteiger partial charge < -0.3 is 10.4 Å². The van der Waals surface area contributed by atoms with Gasteiger partial charge in [0.2, 0.25) is 5.91 Å². The standard InChI is InChI=1S/C16H21NO3S/c18-14(17-16(15(19)20)9-4-5-10-16)12-21-11-8-13-6-2-1-3-7-13/h1-3,6-7H,4-5,8-12H2,(H,17,18)(H,19,20). The van der Waals surface area contributed by atoms with Gasteiger partial charge >= 0.3 is 5.97 Å². The summed E-state index contributed by atoms with van der Waals surface area (Å²) in [5.41, 5.74) is 0.236. The molecule has 1 aliphatic rings. The Balaban J connectivity index is 1.71. The van der Waals surface area contributed by atoms with Gasteiger partial charge in [-0.25, -0.2) is 4.79 Å². The number of nitrogens with one attached hydrogen (secondary N) is 1. The number of carbonyl (C=O) groups is 2. The smallest absolute Gasteiger partial charge is 0.329 e. The van der Waals surface area contributed by atoms with Crippen molar-refractivity contribution in [3.63, 3.8) is 0 Å². The number of rotatable bonds is 7. The van der Waals surface area contributed by atoms with Crippen molar-refractivity contribution in [1.29, 1.82) is 0 Å². The van der Waals surface area contributed by atoms with E-state index < -0.39 is 11.5 Å². The molecule has 4 nitrogen and oxygen atoms in total. The van der Waals surface area contributed by atoms with Crippen LogP contribution >= 0.6 is 11.8 Å². The third-order valence-electron chi connectivity index (χ3n) is 3.86. The molecule has 0 radical (unpaired) electrons. The highest BCUT2D eigenvalue weighted by molar-refractivity contribution is 7.99. The second kappa shape index (κ2) is 7.50. The fraction of sp³-hybridized carbons (Fsp3) is 0.500. The Morgan fingerprint density at radius 3 is 2.48 bits per heavy atom. The summed E-state index contributed by atoms with van der Waals surface area (Å²) in [5.74, 6) is 0.110. The van der Waals surface area contributed by atoms with Gasteiger partial charge in [-0.1, -0.05) is 43.2 Å². The highest BCUT2D eigenvalue weighted by Crippen LogP contribution is 2.30. The van der Waals surface area contributed by atoms with Crippen LogP contribution in [-0.2, 0) is 16.0 Å². The second-order valence-corrected chi connectivity index (χ2v) is 6.54. The Morgan fingerprint density at radius 1 is 1.19 bits per heavy atom. The first-order valence-corrected chi connectivity index (χ1v) is 8.44. The molecule has 0 aromatic heterocycles. The van der Waals surface area contributed by atoms with E-state index in [0.717, 1.165) is 25.0 Å². The lowest BCUT2D eigenvalue weighted by Crippen LogP contribution is -2.53. The Labute approximate surface area is 129 Å². The van der Waals surface area contributed by atoms with Crippen LogP contribution < -0.4 is 5.32 Å². The Morgan fingerprint density at radius 2 is 1.86 bits per heavy atom. The predicted octanol–water partition coefficient (Wildman–Crippen LogP) is 2.48. The number of aryl methyl sites for hydroxylation is 1. The van der Waals surface area contributed by atoms with Gasteiger partial charge in [-0.2, -0.15) is 11.8 Å². The maximum atomic E-state index is 11.9. The number of hydrogen-bond donors (Lipinski definition) is 2. The molecule has 0 bridgehead atoms. The van der Waals surface area contributed by atoms with E-state index in [4.69, 9.17) is 0 Å². The molecule has 1 aromatic rings. The lowest BCUT2D eigenvalue weighted by Gasteiger charge is -2.25. The number of hydrogen-bond acceptors (Lipinski definition) is 3. The first-order valence-electron chi connectivity index (χ1n) is 7.28. The van der Waals surface area contributed by atoms with Crippen molar-refractivity contribution in [3.8, 4) is 0 Å². The fourth-order valence-corrected chi connectivity index (χ4v) is 3.46. The lowest BCUT2D eigenvalue weighted by molar-refractivity contribution is -0.147. The molecule has 0 unspecified atom stereocenters. The highest BCUT2D eigenvalue weighted by Gasteiger charge is 2.42. The van der Waals surface area contributed by atoms with Crippen LogP contribution in [0.25, 0.3) is 0 Å². The molecular formula is C16H21NO3S. The van der Waals surface area contributed by atoms with Gasteiger partial charge in [0, 0.05) is 0 Å². The number of thioether (sulfide) groups is 1. The topological polar surface area (TPSA) is 66.4 Å². The number of carboxylic acid groups (broad SMARTS) is 1. The molecule has 114 valence electrons. The summed E-state index contributed by atoms with van der Waals surface area (Å²) < 4.78 is 0. The van der Waals surface area contributed by atoms with Gasteiger partial charge in [0.1, 0.15) is 5.54 Å². The average molecular weight is 307 g/mol. The molecule has 0 aliphatic heterocycles. The molecular weight excluding hydrogens is 286 g/mol. The van der Waals surface area contributed by atoms with Gasteiger partial charge in [0.05, 0.1) is 5.75 Å². The Hall–Kier alpha value is -1.49. The maximum absolute atomic E-state index is 11.9. The summed E-state index contributed by atoms with van der Waals surface area (Å²) in [6.45, 7) is 0. The van der Waals surface area contributed by atoms with E-state index in [2.05, 4.69) is 17.4 Å². The van der Waals surface area contributed by atoms with Crippen LogP contribution in [-0.4, -0.2) is 34.0 Å². The van der Waals surface area contributed by atoms with Gasteiger partial charge in [0.25, 0.3) is 0 Å². The third kappa shape index (κ3) is 4.49. The molecule has 1 amide bonds. The average Bonchev–Trinajstić information content (AvgIpc) is 2.94. The van der Waals surface area contributed by atoms with E-state index in [-0.39, 0.29) is 5.91 Å². The molecule has 2 N–H and O–H groups in total. The van der Waals surface area contributed by atoms with Crippen molar-refractivity contribution < 1.29 is 14.7 Å². The predicted molar refractivity (Wildman–Crippen MR) is 84.4 cm³/mol. The van der Waals surface area contributed by atoms with E-state index in [9.17, 15) is 14.7 Å². The Kier molecular flexibility index (Phi) is 5.67. The molecule has 21 heavy (non-hydrogen) atoms. The number of carboxylic acids is 1. The van der Waals surface area contributed by atoms with Crippen LogP contribution in [0.15, 0.2) is 30.3 Å². The quantitative estimate of drug-likeness (QED) is 0.760. The minimum Gasteiger partial charge on any atom is -0.480 e. The van der Waals surface area contributed by atoms with Gasteiger partial charge in [-0.05, 0) is 30.6 Å². The van der Waals surface area contributed by atoms with Crippen LogP contribution in [0, 0.1) is 0 Å². The minimum atomic E-state index is -1.02. The van der Waals surface area contributed by atoms with E-state index >= 15 is 0 Å². The molecule has 1 saturated carbocycles. The molecule has 0 heterocycles. The largest absolute Gasteiger partial charge is 0.480 e. The number of benzene rings is 1. The normalized spacial score (nSPS) is 16.6. The van der Waals surface area contributed by atoms with Crippen LogP contribution in [0.2, 0.25) is 0 Å².